The summed E-state index contributed by atoms with van der Waals surface area (Å²) in [6.07, 6.45) is -0.842. The second kappa shape index (κ2) is 8.67. The highest BCUT2D eigenvalue weighted by Gasteiger charge is 2.25. The Labute approximate surface area is 144 Å². The van der Waals surface area contributed by atoms with Crippen molar-refractivity contribution < 1.29 is 29.0 Å². The van der Waals surface area contributed by atoms with E-state index in [4.69, 9.17) is 9.84 Å². The number of ether oxygens (including phenoxy) is 1. The summed E-state index contributed by atoms with van der Waals surface area (Å²) < 4.78 is 4.96. The Hall–Kier alpha value is -3.10. The number of nitrogens with one attached hydrogen (secondary N) is 3. The number of amides is 3. The first-order chi connectivity index (χ1) is 11.6. The molecule has 0 bridgehead atoms. The first-order valence-electron chi connectivity index (χ1n) is 7.45. The molecule has 25 heavy (non-hydrogen) atoms. The predicted molar refractivity (Wildman–Crippen MR) is 87.2 cm³/mol. The second-order valence-electron chi connectivity index (χ2n) is 6.14. The fourth-order valence-corrected chi connectivity index (χ4v) is 1.78. The molecule has 0 radical (unpaired) electrons. The molecule has 0 aromatic heterocycles. The van der Waals surface area contributed by atoms with Crippen LogP contribution < -0.4 is 16.2 Å². The van der Waals surface area contributed by atoms with Crippen molar-refractivity contribution in [3.63, 3.8) is 0 Å². The molecule has 1 aromatic carbocycles. The molecule has 9 heteroatoms. The first kappa shape index (κ1) is 19.9. The highest BCUT2D eigenvalue weighted by Crippen LogP contribution is 2.06. The van der Waals surface area contributed by atoms with Crippen LogP contribution in [0.5, 0.6) is 0 Å². The van der Waals surface area contributed by atoms with Gasteiger partial charge in [-0.2, -0.15) is 0 Å². The molecule has 0 aliphatic heterocycles. The van der Waals surface area contributed by atoms with Gasteiger partial charge in [-0.25, -0.2) is 15.0 Å². The van der Waals surface area contributed by atoms with Crippen LogP contribution in [0.3, 0.4) is 0 Å². The highest BCUT2D eigenvalue weighted by atomic mass is 16.6. The van der Waals surface area contributed by atoms with Crippen LogP contribution >= 0.6 is 0 Å². The fourth-order valence-electron chi connectivity index (χ4n) is 1.78. The largest absolute Gasteiger partial charge is 0.474 e. The topological polar surface area (TPSA) is 134 Å². The van der Waals surface area contributed by atoms with Crippen molar-refractivity contribution in [1.29, 1.82) is 0 Å². The number of carboxylic acids is 1. The van der Waals surface area contributed by atoms with Crippen LogP contribution in [0.15, 0.2) is 30.3 Å². The van der Waals surface area contributed by atoms with Crippen molar-refractivity contribution >= 4 is 23.9 Å². The van der Waals surface area contributed by atoms with Crippen LogP contribution in [-0.2, 0) is 25.5 Å². The number of benzene rings is 1. The number of carbonyl (C=O) groups excluding carboxylic acids is 3. The van der Waals surface area contributed by atoms with Crippen molar-refractivity contribution in [3.05, 3.63) is 35.9 Å². The van der Waals surface area contributed by atoms with Crippen molar-refractivity contribution in [2.24, 2.45) is 0 Å². The molecule has 1 atom stereocenters. The molecular weight excluding hydrogens is 330 g/mol. The van der Waals surface area contributed by atoms with Crippen LogP contribution in [0.1, 0.15) is 26.3 Å². The van der Waals surface area contributed by atoms with Gasteiger partial charge >= 0.3 is 18.0 Å². The number of carbonyl (C=O) groups is 4. The van der Waals surface area contributed by atoms with E-state index >= 15 is 0 Å². The third-order valence-corrected chi connectivity index (χ3v) is 2.79. The quantitative estimate of drug-likeness (QED) is 0.457. The number of hydrazine groups is 1. The SMILES string of the molecule is CC(C)(C)OC(=O)NNC(=O)[C@H](Cc1ccccc1)NC(=O)C(=O)O. The molecule has 0 heterocycles. The number of hydrogen-bond donors (Lipinski definition) is 4. The van der Waals surface area contributed by atoms with E-state index in [-0.39, 0.29) is 6.42 Å². The summed E-state index contributed by atoms with van der Waals surface area (Å²) in [6.45, 7) is 4.96. The van der Waals surface area contributed by atoms with Crippen molar-refractivity contribution in [2.75, 3.05) is 0 Å². The fraction of sp³-hybridized carbons (Fsp3) is 0.375. The Bertz CT molecular complexity index is 639. The van der Waals surface area contributed by atoms with Crippen molar-refractivity contribution in [3.8, 4) is 0 Å². The standard InChI is InChI=1S/C16H21N3O6/c1-16(2,3)25-15(24)19-18-12(20)11(17-13(21)14(22)23)9-10-7-5-4-6-8-10/h4-8,11H,9H2,1-3H3,(H,17,21)(H,18,20)(H,19,24)(H,22,23)/t11-/m0/s1. The number of hydrogen-bond acceptors (Lipinski definition) is 5. The average Bonchev–Trinajstić information content (AvgIpc) is 2.51. The van der Waals surface area contributed by atoms with Gasteiger partial charge in [0.2, 0.25) is 0 Å². The Morgan fingerprint density at radius 2 is 1.68 bits per heavy atom. The lowest BCUT2D eigenvalue weighted by molar-refractivity contribution is -0.151. The molecule has 1 aromatic rings. The van der Waals surface area contributed by atoms with Crippen LogP contribution in [0.4, 0.5) is 4.79 Å². The Balaban J connectivity index is 2.73. The number of carboxylic acid groups (broad SMARTS) is 1. The van der Waals surface area contributed by atoms with Crippen LogP contribution in [0.25, 0.3) is 0 Å². The van der Waals surface area contributed by atoms with E-state index in [2.05, 4.69) is 10.7 Å². The van der Waals surface area contributed by atoms with Gasteiger partial charge in [0.1, 0.15) is 11.6 Å². The maximum absolute atomic E-state index is 12.2. The molecule has 0 aliphatic rings. The molecule has 0 saturated carbocycles. The Morgan fingerprint density at radius 3 is 2.20 bits per heavy atom. The summed E-state index contributed by atoms with van der Waals surface area (Å²) in [6, 6.07) is 7.49. The minimum Gasteiger partial charge on any atom is -0.474 e. The van der Waals surface area contributed by atoms with E-state index in [0.717, 1.165) is 0 Å². The van der Waals surface area contributed by atoms with Gasteiger partial charge in [0.15, 0.2) is 0 Å². The van der Waals surface area contributed by atoms with E-state index < -0.39 is 35.5 Å². The summed E-state index contributed by atoms with van der Waals surface area (Å²) in [5.74, 6) is -3.83. The van der Waals surface area contributed by atoms with Crippen LogP contribution in [0.2, 0.25) is 0 Å². The minimum absolute atomic E-state index is 0.0433. The van der Waals surface area contributed by atoms with Gasteiger partial charge in [0.05, 0.1) is 0 Å². The van der Waals surface area contributed by atoms with Crippen LogP contribution in [-0.4, -0.2) is 40.6 Å². The lowest BCUT2D eigenvalue weighted by atomic mass is 10.1. The zero-order valence-corrected chi connectivity index (χ0v) is 14.2. The van der Waals surface area contributed by atoms with E-state index in [1.807, 2.05) is 5.43 Å². The van der Waals surface area contributed by atoms with Crippen molar-refractivity contribution in [1.82, 2.24) is 16.2 Å². The number of aliphatic carboxylic acids is 1. The van der Waals surface area contributed by atoms with Gasteiger partial charge in [0, 0.05) is 6.42 Å². The Kier molecular flexibility index (Phi) is 6.92. The zero-order valence-electron chi connectivity index (χ0n) is 14.2. The molecule has 0 aliphatic carbocycles. The second-order valence-corrected chi connectivity index (χ2v) is 6.14. The van der Waals surface area contributed by atoms with E-state index in [1.165, 1.54) is 0 Å². The summed E-state index contributed by atoms with van der Waals surface area (Å²) in [5.41, 5.74) is 4.09. The summed E-state index contributed by atoms with van der Waals surface area (Å²) in [7, 11) is 0. The van der Waals surface area contributed by atoms with Gasteiger partial charge < -0.3 is 15.2 Å². The molecule has 3 amide bonds. The van der Waals surface area contributed by atoms with Crippen LogP contribution in [0, 0.1) is 0 Å². The zero-order chi connectivity index (χ0) is 19.0. The molecule has 0 fully saturated rings. The lowest BCUT2D eigenvalue weighted by Crippen LogP contribution is -2.54. The normalized spacial score (nSPS) is 11.8. The third-order valence-electron chi connectivity index (χ3n) is 2.79. The molecular formula is C16H21N3O6. The smallest absolute Gasteiger partial charge is 0.426 e. The Morgan fingerprint density at radius 1 is 1.08 bits per heavy atom. The third kappa shape index (κ3) is 7.82. The van der Waals surface area contributed by atoms with Gasteiger partial charge in [-0.3, -0.25) is 15.0 Å². The van der Waals surface area contributed by atoms with Gasteiger partial charge in [-0.05, 0) is 26.3 Å². The number of rotatable bonds is 4. The molecule has 0 saturated heterocycles. The van der Waals surface area contributed by atoms with E-state index in [1.54, 1.807) is 51.1 Å². The average molecular weight is 351 g/mol. The van der Waals surface area contributed by atoms with Crippen molar-refractivity contribution in [2.45, 2.75) is 38.8 Å². The molecule has 0 unspecified atom stereocenters. The van der Waals surface area contributed by atoms with Gasteiger partial charge in [-0.1, -0.05) is 30.3 Å². The molecule has 136 valence electrons. The first-order valence-corrected chi connectivity index (χ1v) is 7.45. The summed E-state index contributed by atoms with van der Waals surface area (Å²) in [5, 5.41) is 10.8. The molecule has 4 N–H and O–H groups in total. The predicted octanol–water partition coefficient (Wildman–Crippen LogP) is 0.354. The van der Waals surface area contributed by atoms with E-state index in [9.17, 15) is 19.2 Å². The van der Waals surface area contributed by atoms with Gasteiger partial charge in [0.25, 0.3) is 5.91 Å². The summed E-state index contributed by atoms with van der Waals surface area (Å²) >= 11 is 0. The maximum atomic E-state index is 12.2. The maximum Gasteiger partial charge on any atom is 0.426 e. The summed E-state index contributed by atoms with van der Waals surface area (Å²) in [4.78, 5) is 45.8. The monoisotopic (exact) mass is 351 g/mol. The van der Waals surface area contributed by atoms with E-state index in [0.29, 0.717) is 5.56 Å². The van der Waals surface area contributed by atoms with Gasteiger partial charge in [-0.15, -0.1) is 0 Å². The minimum atomic E-state index is -1.72. The highest BCUT2D eigenvalue weighted by molar-refractivity contribution is 6.32. The lowest BCUT2D eigenvalue weighted by Gasteiger charge is -2.21. The molecule has 0 spiro atoms. The molecule has 9 nitrogen and oxygen atoms in total. The molecule has 1 rings (SSSR count).